The van der Waals surface area contributed by atoms with E-state index in [9.17, 15) is 18.0 Å². The molecule has 0 aliphatic carbocycles. The summed E-state index contributed by atoms with van der Waals surface area (Å²) in [4.78, 5) is 13.1. The van der Waals surface area contributed by atoms with E-state index in [4.69, 9.17) is 5.53 Å². The molecule has 0 bridgehead atoms. The summed E-state index contributed by atoms with van der Waals surface area (Å²) in [5.41, 5.74) is 8.53. The van der Waals surface area contributed by atoms with Gasteiger partial charge in [0, 0.05) is 10.6 Å². The molecule has 0 amide bonds. The van der Waals surface area contributed by atoms with Gasteiger partial charge in [-0.05, 0) is 11.1 Å². The summed E-state index contributed by atoms with van der Waals surface area (Å²) in [5, 5.41) is 4.46. The van der Waals surface area contributed by atoms with Crippen molar-refractivity contribution in [2.45, 2.75) is 12.3 Å². The van der Waals surface area contributed by atoms with E-state index in [1.165, 1.54) is 29.6 Å². The fourth-order valence-electron chi connectivity index (χ4n) is 1.17. The van der Waals surface area contributed by atoms with Gasteiger partial charge >= 0.3 is 6.30 Å². The molecule has 1 aromatic carbocycles. The molecule has 0 radical (unpaired) electrons. The standard InChI is InChI=1S/C9H7F3N4O/c10-9(11,12)14-8(5-17)6-1-3-7(4-2-6)15-16-13/h1-5,8,14H. The van der Waals surface area contributed by atoms with Crippen molar-refractivity contribution in [3.05, 3.63) is 40.3 Å². The summed E-state index contributed by atoms with van der Waals surface area (Å²) in [5.74, 6) is 0. The number of azide groups is 1. The number of halogens is 3. The fraction of sp³-hybridized carbons (Fsp3) is 0.222. The van der Waals surface area contributed by atoms with Gasteiger partial charge in [-0.2, -0.15) is 13.2 Å². The maximum atomic E-state index is 12.0. The molecule has 5 nitrogen and oxygen atoms in total. The van der Waals surface area contributed by atoms with Crippen LogP contribution in [0.4, 0.5) is 18.9 Å². The second-order valence-corrected chi connectivity index (χ2v) is 3.04. The van der Waals surface area contributed by atoms with E-state index in [0.29, 0.717) is 0 Å². The van der Waals surface area contributed by atoms with Crippen molar-refractivity contribution in [3.8, 4) is 0 Å². The van der Waals surface area contributed by atoms with E-state index in [1.54, 1.807) is 0 Å². The number of hydrogen-bond acceptors (Lipinski definition) is 3. The second kappa shape index (κ2) is 5.33. The Kier molecular flexibility index (Phi) is 4.08. The topological polar surface area (TPSA) is 77.9 Å². The molecule has 8 heteroatoms. The van der Waals surface area contributed by atoms with E-state index in [-0.39, 0.29) is 17.5 Å². The molecule has 1 unspecified atom stereocenters. The average molecular weight is 244 g/mol. The van der Waals surface area contributed by atoms with Crippen molar-refractivity contribution in [2.24, 2.45) is 5.11 Å². The predicted molar refractivity (Wildman–Crippen MR) is 53.2 cm³/mol. The van der Waals surface area contributed by atoms with Crippen molar-refractivity contribution in [3.63, 3.8) is 0 Å². The minimum Gasteiger partial charge on any atom is -0.301 e. The molecule has 0 fully saturated rings. The molecule has 1 atom stereocenters. The number of benzene rings is 1. The van der Waals surface area contributed by atoms with Crippen LogP contribution in [0.3, 0.4) is 0 Å². The smallest absolute Gasteiger partial charge is 0.301 e. The molecule has 0 saturated carbocycles. The lowest BCUT2D eigenvalue weighted by Gasteiger charge is -2.15. The molecule has 0 spiro atoms. The molecule has 0 aliphatic rings. The lowest BCUT2D eigenvalue weighted by atomic mass is 10.1. The highest BCUT2D eigenvalue weighted by molar-refractivity contribution is 5.62. The lowest BCUT2D eigenvalue weighted by molar-refractivity contribution is -0.166. The molecule has 1 aromatic rings. The molecule has 17 heavy (non-hydrogen) atoms. The number of carbonyl (C=O) groups is 1. The Morgan fingerprint density at radius 3 is 2.35 bits per heavy atom. The third-order valence-electron chi connectivity index (χ3n) is 1.87. The summed E-state index contributed by atoms with van der Waals surface area (Å²) in [7, 11) is 0. The van der Waals surface area contributed by atoms with Gasteiger partial charge in [0.05, 0.1) is 6.04 Å². The van der Waals surface area contributed by atoms with E-state index < -0.39 is 12.3 Å². The molecule has 0 aliphatic heterocycles. The zero-order valence-corrected chi connectivity index (χ0v) is 8.35. The highest BCUT2D eigenvalue weighted by Gasteiger charge is 2.31. The highest BCUT2D eigenvalue weighted by Crippen LogP contribution is 2.21. The summed E-state index contributed by atoms with van der Waals surface area (Å²) >= 11 is 0. The summed E-state index contributed by atoms with van der Waals surface area (Å²) in [6, 6.07) is 3.73. The Labute approximate surface area is 93.9 Å². The molecule has 90 valence electrons. The van der Waals surface area contributed by atoms with Gasteiger partial charge in [0.25, 0.3) is 0 Å². The quantitative estimate of drug-likeness (QED) is 0.290. The molecule has 1 rings (SSSR count). The number of alkyl halides is 3. The minimum absolute atomic E-state index is 0.134. The van der Waals surface area contributed by atoms with Crippen molar-refractivity contribution >= 4 is 12.0 Å². The zero-order valence-electron chi connectivity index (χ0n) is 8.35. The number of carbonyl (C=O) groups excluding carboxylic acids is 1. The van der Waals surface area contributed by atoms with Gasteiger partial charge in [0.15, 0.2) is 0 Å². The second-order valence-electron chi connectivity index (χ2n) is 3.04. The van der Waals surface area contributed by atoms with Crippen molar-refractivity contribution in [1.82, 2.24) is 5.32 Å². The first-order valence-electron chi connectivity index (χ1n) is 4.41. The third-order valence-corrected chi connectivity index (χ3v) is 1.87. The molecular weight excluding hydrogens is 237 g/mol. The number of aldehydes is 1. The van der Waals surface area contributed by atoms with Crippen molar-refractivity contribution in [1.29, 1.82) is 0 Å². The minimum atomic E-state index is -4.64. The van der Waals surface area contributed by atoms with E-state index >= 15 is 0 Å². The van der Waals surface area contributed by atoms with Crippen LogP contribution in [0.5, 0.6) is 0 Å². The van der Waals surface area contributed by atoms with Crippen LogP contribution in [0.25, 0.3) is 10.4 Å². The first-order valence-corrected chi connectivity index (χ1v) is 4.41. The Hall–Kier alpha value is -2.05. The van der Waals surface area contributed by atoms with Crippen LogP contribution in [0.15, 0.2) is 29.4 Å². The molecule has 1 N–H and O–H groups in total. The molecule has 0 aromatic heterocycles. The first-order chi connectivity index (χ1) is 7.96. The first kappa shape index (κ1) is 13.0. The van der Waals surface area contributed by atoms with Crippen LogP contribution in [-0.4, -0.2) is 12.6 Å². The Bertz CT molecular complexity index is 437. The third kappa shape index (κ3) is 4.13. The molecular formula is C9H7F3N4O. The van der Waals surface area contributed by atoms with Gasteiger partial charge in [-0.25, -0.2) is 5.32 Å². The zero-order chi connectivity index (χ0) is 12.9. The van der Waals surface area contributed by atoms with Gasteiger partial charge in [-0.1, -0.05) is 29.4 Å². The van der Waals surface area contributed by atoms with E-state index in [2.05, 4.69) is 10.0 Å². The number of nitrogens with zero attached hydrogens (tertiary/aromatic N) is 3. The Morgan fingerprint density at radius 1 is 1.35 bits per heavy atom. The van der Waals surface area contributed by atoms with Crippen LogP contribution in [0, 0.1) is 0 Å². The number of rotatable bonds is 4. The van der Waals surface area contributed by atoms with Crippen molar-refractivity contribution < 1.29 is 18.0 Å². The Balaban J connectivity index is 2.89. The van der Waals surface area contributed by atoms with Crippen LogP contribution < -0.4 is 5.32 Å². The highest BCUT2D eigenvalue weighted by atomic mass is 19.4. The van der Waals surface area contributed by atoms with Gasteiger partial charge in [-0.3, -0.25) is 0 Å². The normalized spacial score (nSPS) is 12.6. The average Bonchev–Trinajstić information content (AvgIpc) is 2.26. The van der Waals surface area contributed by atoms with Crippen molar-refractivity contribution in [2.75, 3.05) is 0 Å². The van der Waals surface area contributed by atoms with Gasteiger partial charge < -0.3 is 4.79 Å². The fourth-order valence-corrected chi connectivity index (χ4v) is 1.17. The summed E-state index contributed by atoms with van der Waals surface area (Å²) in [6.45, 7) is 0. The van der Waals surface area contributed by atoms with E-state index in [1.807, 2.05) is 0 Å². The van der Waals surface area contributed by atoms with Crippen LogP contribution >= 0.6 is 0 Å². The predicted octanol–water partition coefficient (Wildman–Crippen LogP) is 2.98. The van der Waals surface area contributed by atoms with E-state index in [0.717, 1.165) is 0 Å². The SMILES string of the molecule is [N-]=[N+]=Nc1ccc(C(C=O)NC(F)(F)F)cc1. The van der Waals surface area contributed by atoms with Crippen LogP contribution in [0.2, 0.25) is 0 Å². The number of nitrogens with one attached hydrogen (secondary N) is 1. The maximum Gasteiger partial charge on any atom is 0.458 e. The van der Waals surface area contributed by atoms with Crippen LogP contribution in [0.1, 0.15) is 11.6 Å². The molecule has 0 heterocycles. The molecule has 0 saturated heterocycles. The van der Waals surface area contributed by atoms with Gasteiger partial charge in [0.2, 0.25) is 0 Å². The number of hydrogen-bond donors (Lipinski definition) is 1. The van der Waals surface area contributed by atoms with Gasteiger partial charge in [-0.15, -0.1) is 0 Å². The summed E-state index contributed by atoms with van der Waals surface area (Å²) < 4.78 is 36.1. The summed E-state index contributed by atoms with van der Waals surface area (Å²) in [6.07, 6.45) is -4.49. The maximum absolute atomic E-state index is 12.0. The van der Waals surface area contributed by atoms with Gasteiger partial charge in [0.1, 0.15) is 6.29 Å². The Morgan fingerprint density at radius 2 is 1.94 bits per heavy atom. The largest absolute Gasteiger partial charge is 0.458 e. The van der Waals surface area contributed by atoms with Crippen LogP contribution in [-0.2, 0) is 4.79 Å². The lowest BCUT2D eigenvalue weighted by Crippen LogP contribution is -2.35. The monoisotopic (exact) mass is 244 g/mol.